The normalized spacial score (nSPS) is 10.9. The maximum atomic E-state index is 13.6. The van der Waals surface area contributed by atoms with Crippen molar-refractivity contribution >= 4 is 17.2 Å². The lowest BCUT2D eigenvalue weighted by molar-refractivity contribution is 0.102. The summed E-state index contributed by atoms with van der Waals surface area (Å²) in [5.74, 6) is -0.748. The predicted molar refractivity (Wildman–Crippen MR) is 101 cm³/mol. The molecule has 5 nitrogen and oxygen atoms in total. The van der Waals surface area contributed by atoms with Crippen LogP contribution in [0.4, 0.5) is 10.1 Å². The van der Waals surface area contributed by atoms with E-state index in [1.807, 2.05) is 36.4 Å². The van der Waals surface area contributed by atoms with E-state index in [2.05, 4.69) is 15.3 Å². The standard InChI is InChI=1S/C21H17FN4O/c1-14-20(26-13-17(22)4-7-19(26)24-14)21(27)25-18-5-2-15(3-6-18)12-16-8-10-23-11-9-16/h2-11,13H,12H2,1H3,(H,25,27). The molecule has 0 aliphatic heterocycles. The molecule has 0 aliphatic rings. The minimum Gasteiger partial charge on any atom is -0.321 e. The Morgan fingerprint density at radius 2 is 1.74 bits per heavy atom. The Hall–Kier alpha value is -3.54. The Balaban J connectivity index is 1.53. The second-order valence-electron chi connectivity index (χ2n) is 6.30. The Morgan fingerprint density at radius 1 is 1.04 bits per heavy atom. The fraction of sp³-hybridized carbons (Fsp3) is 0.0952. The highest BCUT2D eigenvalue weighted by molar-refractivity contribution is 6.04. The third kappa shape index (κ3) is 3.55. The van der Waals surface area contributed by atoms with Crippen molar-refractivity contribution in [3.05, 3.63) is 95.5 Å². The minimum absolute atomic E-state index is 0.324. The highest BCUT2D eigenvalue weighted by Crippen LogP contribution is 2.17. The molecule has 0 saturated carbocycles. The van der Waals surface area contributed by atoms with Crippen molar-refractivity contribution in [1.82, 2.24) is 14.4 Å². The van der Waals surface area contributed by atoms with Gasteiger partial charge in [0.1, 0.15) is 17.2 Å². The maximum absolute atomic E-state index is 13.6. The van der Waals surface area contributed by atoms with E-state index in [9.17, 15) is 9.18 Å². The molecule has 1 amide bonds. The van der Waals surface area contributed by atoms with Crippen LogP contribution in [-0.4, -0.2) is 20.3 Å². The van der Waals surface area contributed by atoms with E-state index in [4.69, 9.17) is 0 Å². The van der Waals surface area contributed by atoms with Crippen LogP contribution in [0, 0.1) is 12.7 Å². The zero-order valence-corrected chi connectivity index (χ0v) is 14.7. The molecule has 27 heavy (non-hydrogen) atoms. The fourth-order valence-corrected chi connectivity index (χ4v) is 3.04. The molecule has 6 heteroatoms. The van der Waals surface area contributed by atoms with Crippen LogP contribution in [-0.2, 0) is 6.42 Å². The molecule has 1 N–H and O–H groups in total. The molecule has 0 bridgehead atoms. The number of rotatable bonds is 4. The molecule has 0 spiro atoms. The number of carbonyl (C=O) groups excluding carboxylic acids is 1. The molecule has 0 aliphatic carbocycles. The summed E-state index contributed by atoms with van der Waals surface area (Å²) in [6, 6.07) is 14.5. The number of aromatic nitrogens is 3. The Morgan fingerprint density at radius 3 is 2.48 bits per heavy atom. The van der Waals surface area contributed by atoms with Crippen molar-refractivity contribution in [3.8, 4) is 0 Å². The number of fused-ring (bicyclic) bond motifs is 1. The van der Waals surface area contributed by atoms with E-state index in [-0.39, 0.29) is 5.91 Å². The van der Waals surface area contributed by atoms with Crippen LogP contribution in [0.2, 0.25) is 0 Å². The average molecular weight is 360 g/mol. The van der Waals surface area contributed by atoms with Gasteiger partial charge in [-0.1, -0.05) is 12.1 Å². The van der Waals surface area contributed by atoms with Gasteiger partial charge in [0.2, 0.25) is 0 Å². The molecule has 1 aromatic carbocycles. The molecule has 0 fully saturated rings. The first-order chi connectivity index (χ1) is 13.1. The Labute approximate surface area is 155 Å². The number of aryl methyl sites for hydroxylation is 1. The fourth-order valence-electron chi connectivity index (χ4n) is 3.04. The van der Waals surface area contributed by atoms with Crippen LogP contribution < -0.4 is 5.32 Å². The highest BCUT2D eigenvalue weighted by atomic mass is 19.1. The minimum atomic E-state index is -0.422. The topological polar surface area (TPSA) is 59.3 Å². The van der Waals surface area contributed by atoms with Crippen LogP contribution in [0.1, 0.15) is 27.3 Å². The molecule has 134 valence electrons. The zero-order valence-electron chi connectivity index (χ0n) is 14.7. The number of hydrogen-bond acceptors (Lipinski definition) is 3. The quantitative estimate of drug-likeness (QED) is 0.598. The second-order valence-corrected chi connectivity index (χ2v) is 6.30. The summed E-state index contributed by atoms with van der Waals surface area (Å²) in [6.07, 6.45) is 5.60. The molecule has 4 rings (SSSR count). The van der Waals surface area contributed by atoms with Gasteiger partial charge in [-0.3, -0.25) is 14.2 Å². The first-order valence-electron chi connectivity index (χ1n) is 8.53. The van der Waals surface area contributed by atoms with Crippen LogP contribution in [0.3, 0.4) is 0 Å². The molecule has 3 aromatic heterocycles. The van der Waals surface area contributed by atoms with Crippen molar-refractivity contribution < 1.29 is 9.18 Å². The van der Waals surface area contributed by atoms with Gasteiger partial charge in [-0.05, 0) is 60.9 Å². The Bertz CT molecular complexity index is 1100. The number of hydrogen-bond donors (Lipinski definition) is 1. The van der Waals surface area contributed by atoms with Gasteiger partial charge in [0.15, 0.2) is 0 Å². The van der Waals surface area contributed by atoms with Gasteiger partial charge in [-0.25, -0.2) is 9.37 Å². The van der Waals surface area contributed by atoms with Gasteiger partial charge >= 0.3 is 0 Å². The summed E-state index contributed by atoms with van der Waals surface area (Å²) in [7, 11) is 0. The molecule has 0 unspecified atom stereocenters. The molecule has 4 aromatic rings. The predicted octanol–water partition coefficient (Wildman–Crippen LogP) is 4.02. The van der Waals surface area contributed by atoms with Crippen molar-refractivity contribution in [1.29, 1.82) is 0 Å². The third-order valence-corrected chi connectivity index (χ3v) is 4.34. The highest BCUT2D eigenvalue weighted by Gasteiger charge is 2.17. The number of imidazole rings is 1. The van der Waals surface area contributed by atoms with E-state index in [0.717, 1.165) is 12.0 Å². The summed E-state index contributed by atoms with van der Waals surface area (Å²) in [5.41, 5.74) is 4.38. The van der Waals surface area contributed by atoms with E-state index < -0.39 is 5.82 Å². The number of pyridine rings is 2. The van der Waals surface area contributed by atoms with Gasteiger partial charge in [0, 0.05) is 24.3 Å². The van der Waals surface area contributed by atoms with E-state index >= 15 is 0 Å². The van der Waals surface area contributed by atoms with Gasteiger partial charge in [-0.2, -0.15) is 0 Å². The SMILES string of the molecule is Cc1nc2ccc(F)cn2c1C(=O)Nc1ccc(Cc2ccncc2)cc1. The van der Waals surface area contributed by atoms with Crippen LogP contribution in [0.5, 0.6) is 0 Å². The van der Waals surface area contributed by atoms with Crippen molar-refractivity contribution in [2.45, 2.75) is 13.3 Å². The molecular formula is C21H17FN4O. The van der Waals surface area contributed by atoms with Gasteiger partial charge < -0.3 is 5.32 Å². The maximum Gasteiger partial charge on any atom is 0.274 e. The van der Waals surface area contributed by atoms with Crippen molar-refractivity contribution in [2.24, 2.45) is 0 Å². The van der Waals surface area contributed by atoms with Gasteiger partial charge in [0.05, 0.1) is 5.69 Å². The van der Waals surface area contributed by atoms with Crippen molar-refractivity contribution in [2.75, 3.05) is 5.32 Å². The monoisotopic (exact) mass is 360 g/mol. The molecule has 3 heterocycles. The first-order valence-corrected chi connectivity index (χ1v) is 8.53. The van der Waals surface area contributed by atoms with Crippen LogP contribution in [0.25, 0.3) is 5.65 Å². The first kappa shape index (κ1) is 16.9. The largest absolute Gasteiger partial charge is 0.321 e. The number of nitrogens with zero attached hydrogens (tertiary/aromatic N) is 3. The lowest BCUT2D eigenvalue weighted by atomic mass is 10.1. The summed E-state index contributed by atoms with van der Waals surface area (Å²) in [5, 5.41) is 2.86. The zero-order chi connectivity index (χ0) is 18.8. The second kappa shape index (κ2) is 6.99. The molecule has 0 radical (unpaired) electrons. The number of halogens is 1. The molecule has 0 atom stereocenters. The summed E-state index contributed by atoms with van der Waals surface area (Å²) < 4.78 is 15.0. The van der Waals surface area contributed by atoms with Crippen molar-refractivity contribution in [3.63, 3.8) is 0 Å². The number of nitrogens with one attached hydrogen (secondary N) is 1. The smallest absolute Gasteiger partial charge is 0.274 e. The summed E-state index contributed by atoms with van der Waals surface area (Å²) >= 11 is 0. The molecule has 0 saturated heterocycles. The molecular weight excluding hydrogens is 343 g/mol. The Kier molecular flexibility index (Phi) is 4.38. The van der Waals surface area contributed by atoms with E-state index in [1.54, 1.807) is 25.4 Å². The number of amides is 1. The number of benzene rings is 1. The third-order valence-electron chi connectivity index (χ3n) is 4.34. The number of anilines is 1. The summed E-state index contributed by atoms with van der Waals surface area (Å²) in [4.78, 5) is 21.0. The van der Waals surface area contributed by atoms with Crippen LogP contribution in [0.15, 0.2) is 67.1 Å². The van der Waals surface area contributed by atoms with Gasteiger partial charge in [-0.15, -0.1) is 0 Å². The van der Waals surface area contributed by atoms with Gasteiger partial charge in [0.25, 0.3) is 5.91 Å². The van der Waals surface area contributed by atoms with Crippen LogP contribution >= 0.6 is 0 Å². The number of carbonyl (C=O) groups is 1. The summed E-state index contributed by atoms with van der Waals surface area (Å²) in [6.45, 7) is 1.73. The lowest BCUT2D eigenvalue weighted by Crippen LogP contribution is -2.15. The average Bonchev–Trinajstić information content (AvgIpc) is 2.99. The van der Waals surface area contributed by atoms with E-state index in [1.165, 1.54) is 22.2 Å². The lowest BCUT2D eigenvalue weighted by Gasteiger charge is -2.08. The van der Waals surface area contributed by atoms with E-state index in [0.29, 0.717) is 22.7 Å².